The van der Waals surface area contributed by atoms with E-state index < -0.39 is 0 Å². The van der Waals surface area contributed by atoms with Gasteiger partial charge in [0.25, 0.3) is 5.91 Å². The highest BCUT2D eigenvalue weighted by molar-refractivity contribution is 6.04. The molecule has 0 heterocycles. The smallest absolute Gasteiger partial charge is 0.255 e. The first-order valence-corrected chi connectivity index (χ1v) is 7.16. The maximum atomic E-state index is 12.3. The fourth-order valence-electron chi connectivity index (χ4n) is 2.22. The van der Waals surface area contributed by atoms with E-state index in [-0.39, 0.29) is 5.91 Å². The van der Waals surface area contributed by atoms with Crippen molar-refractivity contribution in [1.82, 2.24) is 0 Å². The highest BCUT2D eigenvalue weighted by atomic mass is 16.1. The molecule has 21 heavy (non-hydrogen) atoms. The lowest BCUT2D eigenvalue weighted by atomic mass is 10.0. The second kappa shape index (κ2) is 6.00. The molecule has 2 rings (SSSR count). The van der Waals surface area contributed by atoms with Crippen LogP contribution in [0.4, 0.5) is 11.4 Å². The molecule has 1 amide bonds. The number of hydrogen-bond donors (Lipinski definition) is 2. The van der Waals surface area contributed by atoms with Gasteiger partial charge < -0.3 is 11.1 Å². The number of aryl methyl sites for hydroxylation is 2. The van der Waals surface area contributed by atoms with Gasteiger partial charge >= 0.3 is 0 Å². The van der Waals surface area contributed by atoms with Crippen molar-refractivity contribution in [2.24, 2.45) is 0 Å². The largest absolute Gasteiger partial charge is 0.398 e. The third-order valence-electron chi connectivity index (χ3n) is 3.70. The molecule has 3 heteroatoms. The monoisotopic (exact) mass is 282 g/mol. The Kier molecular flexibility index (Phi) is 4.32. The zero-order valence-corrected chi connectivity index (χ0v) is 13.0. The first-order chi connectivity index (χ1) is 9.88. The van der Waals surface area contributed by atoms with Crippen LogP contribution in [0.1, 0.15) is 46.8 Å². The van der Waals surface area contributed by atoms with Crippen LogP contribution >= 0.6 is 0 Å². The Bertz CT molecular complexity index is 658. The van der Waals surface area contributed by atoms with Gasteiger partial charge in [-0.2, -0.15) is 0 Å². The fraction of sp³-hybridized carbons (Fsp3) is 0.278. The van der Waals surface area contributed by atoms with Crippen molar-refractivity contribution in [1.29, 1.82) is 0 Å². The first kappa shape index (κ1) is 15.1. The molecular formula is C18H22N2O. The van der Waals surface area contributed by atoms with Crippen LogP contribution in [0.15, 0.2) is 36.4 Å². The van der Waals surface area contributed by atoms with E-state index in [0.717, 1.165) is 16.8 Å². The van der Waals surface area contributed by atoms with E-state index in [1.807, 2.05) is 50.2 Å². The molecule has 0 spiro atoms. The van der Waals surface area contributed by atoms with Crippen LogP contribution in [0, 0.1) is 13.8 Å². The molecule has 0 aliphatic heterocycles. The first-order valence-electron chi connectivity index (χ1n) is 7.16. The highest BCUT2D eigenvalue weighted by Gasteiger charge is 2.09. The third kappa shape index (κ3) is 3.43. The maximum absolute atomic E-state index is 12.3. The summed E-state index contributed by atoms with van der Waals surface area (Å²) < 4.78 is 0. The predicted octanol–water partition coefficient (Wildman–Crippen LogP) is 4.26. The number of amides is 1. The molecule has 0 saturated heterocycles. The van der Waals surface area contributed by atoms with Crippen molar-refractivity contribution < 1.29 is 4.79 Å². The van der Waals surface area contributed by atoms with E-state index in [4.69, 9.17) is 5.73 Å². The molecule has 2 aromatic carbocycles. The van der Waals surface area contributed by atoms with Gasteiger partial charge in [0.15, 0.2) is 0 Å². The van der Waals surface area contributed by atoms with Crippen LogP contribution in [0.3, 0.4) is 0 Å². The molecule has 0 aliphatic rings. The minimum atomic E-state index is -0.114. The molecule has 0 atom stereocenters. The Labute approximate surface area is 126 Å². The Balaban J connectivity index is 2.20. The lowest BCUT2D eigenvalue weighted by Gasteiger charge is -2.12. The van der Waals surface area contributed by atoms with Crippen LogP contribution in [-0.4, -0.2) is 5.91 Å². The Morgan fingerprint density at radius 2 is 1.67 bits per heavy atom. The van der Waals surface area contributed by atoms with Crippen molar-refractivity contribution in [2.75, 3.05) is 11.1 Å². The summed E-state index contributed by atoms with van der Waals surface area (Å²) in [5.41, 5.74) is 11.3. The minimum absolute atomic E-state index is 0.114. The number of anilines is 2. The van der Waals surface area contributed by atoms with E-state index >= 15 is 0 Å². The number of nitrogens with two attached hydrogens (primary N) is 1. The molecule has 110 valence electrons. The number of nitrogens with one attached hydrogen (secondary N) is 1. The maximum Gasteiger partial charge on any atom is 0.255 e. The average Bonchev–Trinajstić information content (AvgIpc) is 2.44. The van der Waals surface area contributed by atoms with Gasteiger partial charge in [-0.15, -0.1) is 0 Å². The molecule has 0 bridgehead atoms. The Morgan fingerprint density at radius 3 is 2.24 bits per heavy atom. The number of benzene rings is 2. The Hall–Kier alpha value is -2.29. The molecule has 0 fully saturated rings. The molecule has 0 radical (unpaired) electrons. The SMILES string of the molecule is Cc1cc(C)c(NC(=O)c2ccc(C(C)C)cc2)cc1N. The second-order valence-electron chi connectivity index (χ2n) is 5.75. The zero-order chi connectivity index (χ0) is 15.6. The van der Waals surface area contributed by atoms with Gasteiger partial charge in [0, 0.05) is 16.9 Å². The zero-order valence-electron chi connectivity index (χ0n) is 13.0. The summed E-state index contributed by atoms with van der Waals surface area (Å²) >= 11 is 0. The van der Waals surface area contributed by atoms with E-state index in [2.05, 4.69) is 19.2 Å². The summed E-state index contributed by atoms with van der Waals surface area (Å²) in [6.45, 7) is 8.18. The van der Waals surface area contributed by atoms with Gasteiger partial charge in [-0.25, -0.2) is 0 Å². The molecule has 0 saturated carbocycles. The van der Waals surface area contributed by atoms with E-state index in [9.17, 15) is 4.79 Å². The molecule has 3 nitrogen and oxygen atoms in total. The standard InChI is InChI=1S/C18H22N2O/c1-11(2)14-5-7-15(8-6-14)18(21)20-17-10-16(19)12(3)9-13(17)4/h5-11H,19H2,1-4H3,(H,20,21). The van der Waals surface area contributed by atoms with Gasteiger partial charge in [0.05, 0.1) is 0 Å². The van der Waals surface area contributed by atoms with Crippen LogP contribution in [0.5, 0.6) is 0 Å². The number of hydrogen-bond acceptors (Lipinski definition) is 2. The van der Waals surface area contributed by atoms with Gasteiger partial charge in [-0.1, -0.05) is 32.0 Å². The second-order valence-corrected chi connectivity index (χ2v) is 5.75. The molecule has 0 unspecified atom stereocenters. The van der Waals surface area contributed by atoms with Crippen LogP contribution in [-0.2, 0) is 0 Å². The summed E-state index contributed by atoms with van der Waals surface area (Å²) in [6.07, 6.45) is 0. The summed E-state index contributed by atoms with van der Waals surface area (Å²) in [5, 5.41) is 2.92. The van der Waals surface area contributed by atoms with Gasteiger partial charge in [-0.05, 0) is 54.7 Å². The van der Waals surface area contributed by atoms with Crippen molar-refractivity contribution in [3.63, 3.8) is 0 Å². The lowest BCUT2D eigenvalue weighted by molar-refractivity contribution is 0.102. The van der Waals surface area contributed by atoms with Crippen LogP contribution in [0.2, 0.25) is 0 Å². The van der Waals surface area contributed by atoms with Crippen LogP contribution < -0.4 is 11.1 Å². The van der Waals surface area contributed by atoms with Crippen LogP contribution in [0.25, 0.3) is 0 Å². The third-order valence-corrected chi connectivity index (χ3v) is 3.70. The summed E-state index contributed by atoms with van der Waals surface area (Å²) in [5.74, 6) is 0.345. The topological polar surface area (TPSA) is 55.1 Å². The number of rotatable bonds is 3. The van der Waals surface area contributed by atoms with Crippen molar-refractivity contribution >= 4 is 17.3 Å². The number of carbonyl (C=O) groups excluding carboxylic acids is 1. The number of nitrogen functional groups attached to an aromatic ring is 1. The lowest BCUT2D eigenvalue weighted by Crippen LogP contribution is -2.13. The van der Waals surface area contributed by atoms with Gasteiger partial charge in [0.1, 0.15) is 0 Å². The van der Waals surface area contributed by atoms with Crippen molar-refractivity contribution in [2.45, 2.75) is 33.6 Å². The molecule has 2 aromatic rings. The average molecular weight is 282 g/mol. The van der Waals surface area contributed by atoms with Gasteiger partial charge in [0.2, 0.25) is 0 Å². The van der Waals surface area contributed by atoms with Crippen molar-refractivity contribution in [3.8, 4) is 0 Å². The van der Waals surface area contributed by atoms with Gasteiger partial charge in [-0.3, -0.25) is 4.79 Å². The van der Waals surface area contributed by atoms with E-state index in [1.165, 1.54) is 5.56 Å². The molecule has 0 aliphatic carbocycles. The van der Waals surface area contributed by atoms with E-state index in [0.29, 0.717) is 17.2 Å². The van der Waals surface area contributed by atoms with Crippen molar-refractivity contribution in [3.05, 3.63) is 58.7 Å². The highest BCUT2D eigenvalue weighted by Crippen LogP contribution is 2.23. The summed E-state index contributed by atoms with van der Waals surface area (Å²) in [6, 6.07) is 11.5. The summed E-state index contributed by atoms with van der Waals surface area (Å²) in [4.78, 5) is 12.3. The fourth-order valence-corrected chi connectivity index (χ4v) is 2.22. The molecule has 3 N–H and O–H groups in total. The molecule has 0 aromatic heterocycles. The minimum Gasteiger partial charge on any atom is -0.398 e. The summed E-state index contributed by atoms with van der Waals surface area (Å²) in [7, 11) is 0. The van der Waals surface area contributed by atoms with E-state index in [1.54, 1.807) is 0 Å². The normalized spacial score (nSPS) is 10.7. The quantitative estimate of drug-likeness (QED) is 0.826. The predicted molar refractivity (Wildman–Crippen MR) is 88.8 cm³/mol. The Morgan fingerprint density at radius 1 is 1.05 bits per heavy atom. The number of carbonyl (C=O) groups is 1. The molecular weight excluding hydrogens is 260 g/mol.